The van der Waals surface area contributed by atoms with E-state index in [1.165, 1.54) is 16.9 Å². The summed E-state index contributed by atoms with van der Waals surface area (Å²) in [6, 6.07) is 11.9. The van der Waals surface area contributed by atoms with Gasteiger partial charge in [-0.25, -0.2) is 14.8 Å². The van der Waals surface area contributed by atoms with Gasteiger partial charge in [-0.1, -0.05) is 41.9 Å². The Balaban J connectivity index is 1.34. The number of carbonyl (C=O) groups excluding carboxylic acids is 1. The minimum Gasteiger partial charge on any atom is -0.354 e. The van der Waals surface area contributed by atoms with Crippen LogP contribution in [0.4, 0.5) is 15.7 Å². The van der Waals surface area contributed by atoms with Crippen molar-refractivity contribution in [1.82, 2.24) is 20.6 Å². The van der Waals surface area contributed by atoms with Gasteiger partial charge in [-0.3, -0.25) is 5.32 Å². The van der Waals surface area contributed by atoms with E-state index >= 15 is 0 Å². The van der Waals surface area contributed by atoms with Crippen LogP contribution in [0.3, 0.4) is 0 Å². The van der Waals surface area contributed by atoms with Gasteiger partial charge in [-0.15, -0.1) is 11.3 Å². The van der Waals surface area contributed by atoms with Crippen LogP contribution in [0, 0.1) is 0 Å². The Morgan fingerprint density at radius 2 is 1.97 bits per heavy atom. The smallest absolute Gasteiger partial charge is 0.321 e. The van der Waals surface area contributed by atoms with E-state index < -0.39 is 0 Å². The lowest BCUT2D eigenvalue weighted by atomic mass is 9.82. The number of aromatic nitrogens is 2. The van der Waals surface area contributed by atoms with E-state index in [4.69, 9.17) is 0 Å². The van der Waals surface area contributed by atoms with Crippen LogP contribution in [-0.4, -0.2) is 42.2 Å². The van der Waals surface area contributed by atoms with E-state index in [9.17, 15) is 4.79 Å². The Bertz CT molecular complexity index is 1060. The molecule has 0 spiro atoms. The van der Waals surface area contributed by atoms with Gasteiger partial charge in [0.15, 0.2) is 5.13 Å². The fourth-order valence-corrected chi connectivity index (χ4v) is 4.73. The second-order valence-electron chi connectivity index (χ2n) is 8.24. The molecule has 1 aliphatic heterocycles. The van der Waals surface area contributed by atoms with Crippen LogP contribution in [0.25, 0.3) is 0 Å². The Labute approximate surface area is 200 Å². The maximum absolute atomic E-state index is 12.4. The number of anilines is 2. The van der Waals surface area contributed by atoms with E-state index in [1.54, 1.807) is 6.20 Å². The first-order chi connectivity index (χ1) is 15.4. The molecule has 32 heavy (non-hydrogen) atoms. The quantitative estimate of drug-likeness (QED) is 0.455. The number of halogens is 1. The molecule has 0 radical (unpaired) electrons. The van der Waals surface area contributed by atoms with Gasteiger partial charge in [-0.2, -0.15) is 0 Å². The average molecular weight is 515 g/mol. The highest BCUT2D eigenvalue weighted by Gasteiger charge is 2.26. The van der Waals surface area contributed by atoms with Gasteiger partial charge < -0.3 is 15.5 Å². The number of nitrogens with zero attached hydrogens (tertiary/aromatic N) is 3. The standard InChI is InChI=1S/C23H27BrN6OS/c1-23(2,17-3-5-18(24)6-4-17)19-15-32-22(28-19)29-21(31)27-14-16-7-8-26-20(13-16)30-11-9-25-10-12-30/h3-8,13,15,25H,9-12,14H2,1-2H3,(H2,27,28,29,31). The highest BCUT2D eigenvalue weighted by atomic mass is 79.9. The highest BCUT2D eigenvalue weighted by molar-refractivity contribution is 9.10. The third-order valence-corrected chi connectivity index (χ3v) is 6.92. The monoisotopic (exact) mass is 514 g/mol. The van der Waals surface area contributed by atoms with Gasteiger partial charge in [0.05, 0.1) is 5.69 Å². The van der Waals surface area contributed by atoms with Crippen molar-refractivity contribution >= 4 is 44.2 Å². The molecule has 0 bridgehead atoms. The number of piperazine rings is 1. The number of urea groups is 1. The van der Waals surface area contributed by atoms with Crippen molar-refractivity contribution in [2.24, 2.45) is 0 Å². The lowest BCUT2D eigenvalue weighted by molar-refractivity contribution is 0.251. The Morgan fingerprint density at radius 3 is 2.72 bits per heavy atom. The van der Waals surface area contributed by atoms with Gasteiger partial charge >= 0.3 is 6.03 Å². The number of carbonyl (C=O) groups is 1. The van der Waals surface area contributed by atoms with E-state index in [0.717, 1.165) is 47.7 Å². The molecule has 2 amide bonds. The van der Waals surface area contributed by atoms with Crippen molar-refractivity contribution in [1.29, 1.82) is 0 Å². The van der Waals surface area contributed by atoms with Crippen molar-refractivity contribution in [2.45, 2.75) is 25.8 Å². The molecular formula is C23H27BrN6OS. The Kier molecular flexibility index (Phi) is 7.07. The summed E-state index contributed by atoms with van der Waals surface area (Å²) in [4.78, 5) is 23.8. The predicted octanol–water partition coefficient (Wildman–Crippen LogP) is 4.36. The summed E-state index contributed by atoms with van der Waals surface area (Å²) in [7, 11) is 0. The summed E-state index contributed by atoms with van der Waals surface area (Å²) in [5.41, 5.74) is 2.85. The summed E-state index contributed by atoms with van der Waals surface area (Å²) < 4.78 is 1.05. The van der Waals surface area contributed by atoms with Gasteiger partial charge in [-0.05, 0) is 35.4 Å². The molecule has 1 fully saturated rings. The first kappa shape index (κ1) is 22.7. The maximum atomic E-state index is 12.4. The van der Waals surface area contributed by atoms with Gasteiger partial charge in [0.1, 0.15) is 5.82 Å². The molecule has 1 aliphatic rings. The molecule has 1 saturated heterocycles. The summed E-state index contributed by atoms with van der Waals surface area (Å²) in [6.07, 6.45) is 1.80. The van der Waals surface area contributed by atoms with Crippen molar-refractivity contribution in [3.05, 3.63) is 69.3 Å². The van der Waals surface area contributed by atoms with E-state index in [1.807, 2.05) is 29.6 Å². The molecule has 0 atom stereocenters. The van der Waals surface area contributed by atoms with E-state index in [2.05, 4.69) is 72.7 Å². The molecule has 0 unspecified atom stereocenters. The molecule has 9 heteroatoms. The number of amides is 2. The minimum absolute atomic E-state index is 0.259. The summed E-state index contributed by atoms with van der Waals surface area (Å²) in [5, 5.41) is 11.7. The molecule has 4 rings (SSSR count). The summed E-state index contributed by atoms with van der Waals surface area (Å²) >= 11 is 4.91. The van der Waals surface area contributed by atoms with E-state index in [-0.39, 0.29) is 11.4 Å². The Hall–Kier alpha value is -2.49. The lowest BCUT2D eigenvalue weighted by Crippen LogP contribution is -2.43. The fourth-order valence-electron chi connectivity index (χ4n) is 3.59. The highest BCUT2D eigenvalue weighted by Crippen LogP contribution is 2.34. The molecule has 0 aliphatic carbocycles. The number of nitrogens with one attached hydrogen (secondary N) is 3. The first-order valence-electron chi connectivity index (χ1n) is 10.6. The maximum Gasteiger partial charge on any atom is 0.321 e. The number of rotatable bonds is 6. The van der Waals surface area contributed by atoms with E-state index in [0.29, 0.717) is 11.7 Å². The van der Waals surface area contributed by atoms with Gasteiger partial charge in [0, 0.05) is 54.2 Å². The SMILES string of the molecule is CC(C)(c1ccc(Br)cc1)c1csc(NC(=O)NCc2ccnc(N3CCNCC3)c2)n1. The number of pyridine rings is 1. The topological polar surface area (TPSA) is 82.2 Å². The number of hydrogen-bond acceptors (Lipinski definition) is 6. The van der Waals surface area contributed by atoms with Crippen LogP contribution in [0.1, 0.15) is 30.7 Å². The van der Waals surface area contributed by atoms with Crippen LogP contribution in [0.2, 0.25) is 0 Å². The zero-order valence-electron chi connectivity index (χ0n) is 18.2. The van der Waals surface area contributed by atoms with Gasteiger partial charge in [0.25, 0.3) is 0 Å². The molecule has 0 saturated carbocycles. The molecule has 3 heterocycles. The zero-order chi connectivity index (χ0) is 22.6. The molecule has 1 aromatic carbocycles. The number of benzene rings is 1. The fraction of sp³-hybridized carbons (Fsp3) is 0.348. The van der Waals surface area contributed by atoms with Crippen molar-refractivity contribution in [2.75, 3.05) is 36.4 Å². The number of hydrogen-bond donors (Lipinski definition) is 3. The normalized spacial score (nSPS) is 14.3. The first-order valence-corrected chi connectivity index (χ1v) is 12.3. The van der Waals surface area contributed by atoms with Crippen LogP contribution >= 0.6 is 27.3 Å². The number of thiazole rings is 1. The molecular weight excluding hydrogens is 488 g/mol. The van der Waals surface area contributed by atoms with Crippen LogP contribution < -0.4 is 20.9 Å². The van der Waals surface area contributed by atoms with Gasteiger partial charge in [0.2, 0.25) is 0 Å². The Morgan fingerprint density at radius 1 is 1.22 bits per heavy atom. The van der Waals surface area contributed by atoms with Crippen LogP contribution in [0.15, 0.2) is 52.4 Å². The van der Waals surface area contributed by atoms with Crippen LogP contribution in [0.5, 0.6) is 0 Å². The molecule has 168 valence electrons. The molecule has 3 aromatic rings. The largest absolute Gasteiger partial charge is 0.354 e. The average Bonchev–Trinajstić information content (AvgIpc) is 3.28. The van der Waals surface area contributed by atoms with Crippen molar-refractivity contribution < 1.29 is 4.79 Å². The van der Waals surface area contributed by atoms with Crippen molar-refractivity contribution in [3.8, 4) is 0 Å². The third kappa shape index (κ3) is 5.46. The minimum atomic E-state index is -0.270. The van der Waals surface area contributed by atoms with Crippen molar-refractivity contribution in [3.63, 3.8) is 0 Å². The summed E-state index contributed by atoms with van der Waals surface area (Å²) in [6.45, 7) is 8.49. The second-order valence-corrected chi connectivity index (χ2v) is 10.0. The predicted molar refractivity (Wildman–Crippen MR) is 134 cm³/mol. The third-order valence-electron chi connectivity index (χ3n) is 5.63. The molecule has 3 N–H and O–H groups in total. The molecule has 7 nitrogen and oxygen atoms in total. The summed E-state index contributed by atoms with van der Waals surface area (Å²) in [5.74, 6) is 0.950. The lowest BCUT2D eigenvalue weighted by Gasteiger charge is -2.28. The molecule has 2 aromatic heterocycles. The zero-order valence-corrected chi connectivity index (χ0v) is 20.6. The van der Waals surface area contributed by atoms with Crippen LogP contribution in [-0.2, 0) is 12.0 Å². The second kappa shape index (κ2) is 9.97.